The molecule has 1 saturated heterocycles. The van der Waals surface area contributed by atoms with Crippen molar-refractivity contribution in [1.29, 1.82) is 0 Å². The molecule has 0 radical (unpaired) electrons. The molecule has 3 heteroatoms. The van der Waals surface area contributed by atoms with Crippen LogP contribution >= 0.6 is 0 Å². The summed E-state index contributed by atoms with van der Waals surface area (Å²) in [4.78, 5) is 0. The van der Waals surface area contributed by atoms with Gasteiger partial charge in [-0.05, 0) is 37.5 Å². The number of piperidine rings is 1. The van der Waals surface area contributed by atoms with Gasteiger partial charge in [-0.25, -0.2) is 4.39 Å². The zero-order chi connectivity index (χ0) is 10.9. The Morgan fingerprint density at radius 1 is 1.53 bits per heavy atom. The van der Waals surface area contributed by atoms with E-state index in [4.69, 9.17) is 0 Å². The second kappa shape index (κ2) is 3.81. The lowest BCUT2D eigenvalue weighted by Gasteiger charge is -2.32. The van der Waals surface area contributed by atoms with E-state index < -0.39 is 5.67 Å². The Morgan fingerprint density at radius 2 is 2.33 bits per heavy atom. The first-order valence-electron chi connectivity index (χ1n) is 5.28. The highest BCUT2D eigenvalue weighted by Crippen LogP contribution is 2.31. The molecule has 0 saturated carbocycles. The lowest BCUT2D eigenvalue weighted by molar-refractivity contribution is 0.125. The van der Waals surface area contributed by atoms with Gasteiger partial charge in [0.1, 0.15) is 11.4 Å². The Bertz CT molecular complexity index is 341. The molecule has 1 aromatic rings. The third kappa shape index (κ3) is 2.48. The van der Waals surface area contributed by atoms with Gasteiger partial charge < -0.3 is 10.4 Å². The Balaban J connectivity index is 2.08. The van der Waals surface area contributed by atoms with E-state index in [0.717, 1.165) is 12.0 Å². The molecular formula is C12H16FNO. The number of alkyl halides is 1. The lowest BCUT2D eigenvalue weighted by atomic mass is 9.90. The third-order valence-electron chi connectivity index (χ3n) is 2.94. The summed E-state index contributed by atoms with van der Waals surface area (Å²) in [6, 6.07) is 7.32. The molecule has 0 bridgehead atoms. The summed E-state index contributed by atoms with van der Waals surface area (Å²) >= 11 is 0. The van der Waals surface area contributed by atoms with Crippen molar-refractivity contribution in [2.24, 2.45) is 0 Å². The van der Waals surface area contributed by atoms with Gasteiger partial charge in [-0.3, -0.25) is 0 Å². The van der Waals surface area contributed by atoms with Crippen LogP contribution in [0.5, 0.6) is 5.75 Å². The van der Waals surface area contributed by atoms with Crippen LogP contribution in [0.25, 0.3) is 0 Å². The standard InChI is InChI=1S/C12H16FNO/c1-12(13)6-5-11(14-8-12)9-3-2-4-10(15)7-9/h2-4,7,11,14-15H,5-6,8H2,1H3. The highest BCUT2D eigenvalue weighted by Gasteiger charge is 2.30. The number of benzene rings is 1. The number of halogens is 1. The van der Waals surface area contributed by atoms with Crippen LogP contribution in [-0.4, -0.2) is 17.3 Å². The summed E-state index contributed by atoms with van der Waals surface area (Å²) in [5.41, 5.74) is -0.0571. The largest absolute Gasteiger partial charge is 0.508 e. The van der Waals surface area contributed by atoms with Gasteiger partial charge in [-0.1, -0.05) is 12.1 Å². The first-order chi connectivity index (χ1) is 7.07. The number of phenolic OH excluding ortho intramolecular Hbond substituents is 1. The van der Waals surface area contributed by atoms with E-state index >= 15 is 0 Å². The zero-order valence-corrected chi connectivity index (χ0v) is 8.83. The fourth-order valence-electron chi connectivity index (χ4n) is 2.00. The average molecular weight is 209 g/mol. The molecule has 2 nitrogen and oxygen atoms in total. The summed E-state index contributed by atoms with van der Waals surface area (Å²) in [6.45, 7) is 2.01. The summed E-state index contributed by atoms with van der Waals surface area (Å²) in [5, 5.41) is 12.5. The van der Waals surface area contributed by atoms with Crippen molar-refractivity contribution in [3.63, 3.8) is 0 Å². The van der Waals surface area contributed by atoms with Gasteiger partial charge in [0.15, 0.2) is 0 Å². The monoisotopic (exact) mass is 209 g/mol. The van der Waals surface area contributed by atoms with E-state index in [1.54, 1.807) is 19.1 Å². The Morgan fingerprint density at radius 3 is 2.93 bits per heavy atom. The minimum atomic E-state index is -1.09. The molecule has 82 valence electrons. The maximum atomic E-state index is 13.5. The number of rotatable bonds is 1. The number of aromatic hydroxyl groups is 1. The highest BCUT2D eigenvalue weighted by molar-refractivity contribution is 5.29. The SMILES string of the molecule is CC1(F)CCC(c2cccc(O)c2)NC1. The van der Waals surface area contributed by atoms with Crippen LogP contribution in [0, 0.1) is 0 Å². The van der Waals surface area contributed by atoms with Crippen LogP contribution < -0.4 is 5.32 Å². The fourth-order valence-corrected chi connectivity index (χ4v) is 2.00. The van der Waals surface area contributed by atoms with Crippen molar-refractivity contribution >= 4 is 0 Å². The molecule has 2 N–H and O–H groups in total. The molecule has 2 rings (SSSR count). The van der Waals surface area contributed by atoms with E-state index in [1.807, 2.05) is 12.1 Å². The number of hydrogen-bond donors (Lipinski definition) is 2. The second-order valence-corrected chi connectivity index (χ2v) is 4.48. The average Bonchev–Trinajstić information content (AvgIpc) is 2.17. The molecule has 1 aliphatic rings. The molecule has 0 spiro atoms. The van der Waals surface area contributed by atoms with Crippen molar-refractivity contribution in [2.75, 3.05) is 6.54 Å². The predicted molar refractivity (Wildman–Crippen MR) is 57.6 cm³/mol. The van der Waals surface area contributed by atoms with Gasteiger partial charge in [-0.15, -0.1) is 0 Å². The van der Waals surface area contributed by atoms with E-state index in [2.05, 4.69) is 5.32 Å². The van der Waals surface area contributed by atoms with Crippen molar-refractivity contribution in [3.05, 3.63) is 29.8 Å². The number of nitrogens with one attached hydrogen (secondary N) is 1. The summed E-state index contributed by atoms with van der Waals surface area (Å²) < 4.78 is 13.5. The molecule has 1 fully saturated rings. The van der Waals surface area contributed by atoms with Crippen LogP contribution in [-0.2, 0) is 0 Å². The van der Waals surface area contributed by atoms with Gasteiger partial charge in [0.25, 0.3) is 0 Å². The molecule has 1 heterocycles. The Labute approximate surface area is 89.1 Å². The first-order valence-corrected chi connectivity index (χ1v) is 5.28. The van der Waals surface area contributed by atoms with Gasteiger partial charge in [0.2, 0.25) is 0 Å². The van der Waals surface area contributed by atoms with E-state index in [1.165, 1.54) is 0 Å². The summed E-state index contributed by atoms with van der Waals surface area (Å²) in [6.07, 6.45) is 1.34. The molecule has 1 aromatic carbocycles. The molecule has 15 heavy (non-hydrogen) atoms. The van der Waals surface area contributed by atoms with Crippen LogP contribution in [0.1, 0.15) is 31.4 Å². The molecule has 2 atom stereocenters. The van der Waals surface area contributed by atoms with Crippen molar-refractivity contribution in [2.45, 2.75) is 31.5 Å². The maximum absolute atomic E-state index is 13.5. The van der Waals surface area contributed by atoms with E-state index in [-0.39, 0.29) is 11.8 Å². The van der Waals surface area contributed by atoms with Gasteiger partial charge in [-0.2, -0.15) is 0 Å². The summed E-state index contributed by atoms with van der Waals surface area (Å²) in [5.74, 6) is 0.267. The maximum Gasteiger partial charge on any atom is 0.120 e. The minimum absolute atomic E-state index is 0.168. The molecule has 1 aliphatic heterocycles. The number of hydrogen-bond acceptors (Lipinski definition) is 2. The molecular weight excluding hydrogens is 193 g/mol. The lowest BCUT2D eigenvalue weighted by Crippen LogP contribution is -2.41. The normalized spacial score (nSPS) is 31.5. The molecule has 0 aromatic heterocycles. The van der Waals surface area contributed by atoms with Crippen molar-refractivity contribution in [3.8, 4) is 5.75 Å². The zero-order valence-electron chi connectivity index (χ0n) is 8.83. The van der Waals surface area contributed by atoms with Crippen LogP contribution in [0.15, 0.2) is 24.3 Å². The van der Waals surface area contributed by atoms with Crippen LogP contribution in [0.3, 0.4) is 0 Å². The highest BCUT2D eigenvalue weighted by atomic mass is 19.1. The fraction of sp³-hybridized carbons (Fsp3) is 0.500. The smallest absolute Gasteiger partial charge is 0.120 e. The summed E-state index contributed by atoms with van der Waals surface area (Å²) in [7, 11) is 0. The molecule has 0 aliphatic carbocycles. The first kappa shape index (κ1) is 10.4. The number of phenols is 1. The Kier molecular flexibility index (Phi) is 2.65. The predicted octanol–water partition coefficient (Wildman–Crippen LogP) is 2.54. The molecule has 0 amide bonds. The van der Waals surface area contributed by atoms with E-state index in [0.29, 0.717) is 13.0 Å². The van der Waals surface area contributed by atoms with Crippen LogP contribution in [0.2, 0.25) is 0 Å². The molecule has 2 unspecified atom stereocenters. The van der Waals surface area contributed by atoms with Gasteiger partial charge in [0.05, 0.1) is 0 Å². The third-order valence-corrected chi connectivity index (χ3v) is 2.94. The second-order valence-electron chi connectivity index (χ2n) is 4.48. The quantitative estimate of drug-likeness (QED) is 0.745. The minimum Gasteiger partial charge on any atom is -0.508 e. The topological polar surface area (TPSA) is 32.3 Å². The van der Waals surface area contributed by atoms with E-state index in [9.17, 15) is 9.50 Å². The van der Waals surface area contributed by atoms with Crippen molar-refractivity contribution in [1.82, 2.24) is 5.32 Å². The van der Waals surface area contributed by atoms with Crippen molar-refractivity contribution < 1.29 is 9.50 Å². The van der Waals surface area contributed by atoms with Gasteiger partial charge >= 0.3 is 0 Å². The van der Waals surface area contributed by atoms with Gasteiger partial charge in [0, 0.05) is 12.6 Å². The Hall–Kier alpha value is -1.09. The van der Waals surface area contributed by atoms with Crippen LogP contribution in [0.4, 0.5) is 4.39 Å².